The number of carbonyl (C=O) groups excluding carboxylic acids is 1. The van der Waals surface area contributed by atoms with Crippen LogP contribution >= 0.6 is 0 Å². The topological polar surface area (TPSA) is 20.3 Å². The van der Waals surface area contributed by atoms with Crippen molar-refractivity contribution in [3.63, 3.8) is 0 Å². The molecule has 0 bridgehead atoms. The molecule has 1 aliphatic heterocycles. The molecule has 0 fully saturated rings. The summed E-state index contributed by atoms with van der Waals surface area (Å²) < 4.78 is 0. The quantitative estimate of drug-likeness (QED) is 0.348. The van der Waals surface area contributed by atoms with E-state index in [-0.39, 0.29) is 0 Å². The summed E-state index contributed by atoms with van der Waals surface area (Å²) in [4.78, 5) is 12.2. The van der Waals surface area contributed by atoms with Gasteiger partial charge in [0.1, 0.15) is 7.85 Å². The monoisotopic (exact) mass is 135 g/mol. The van der Waals surface area contributed by atoms with Gasteiger partial charge >= 0.3 is 0 Å². The Morgan fingerprint density at radius 3 is 3.10 bits per heavy atom. The molecule has 0 saturated heterocycles. The Morgan fingerprint density at radius 1 is 1.80 bits per heavy atom. The Kier molecular flexibility index (Phi) is 2.75. The fourth-order valence-electron chi connectivity index (χ4n) is 1.08. The van der Waals surface area contributed by atoms with Gasteiger partial charge in [-0.15, -0.1) is 5.47 Å². The first-order valence-electron chi connectivity index (χ1n) is 3.64. The average molecular weight is 135 g/mol. The van der Waals surface area contributed by atoms with Gasteiger partial charge in [0.2, 0.25) is 0 Å². The normalized spacial score (nSPS) is 19.8. The van der Waals surface area contributed by atoms with Gasteiger partial charge in [0.05, 0.1) is 6.19 Å². The van der Waals surface area contributed by atoms with Crippen LogP contribution in [-0.4, -0.2) is 39.3 Å². The van der Waals surface area contributed by atoms with Crippen molar-refractivity contribution in [1.29, 1.82) is 0 Å². The summed E-state index contributed by atoms with van der Waals surface area (Å²) in [7, 11) is 2.72. The van der Waals surface area contributed by atoms with Gasteiger partial charge < -0.3 is 9.61 Å². The van der Waals surface area contributed by atoms with Crippen LogP contribution in [0.5, 0.6) is 0 Å². The molecule has 0 aromatic carbocycles. The third-order valence-corrected chi connectivity index (χ3v) is 1.85. The molecule has 10 heavy (non-hydrogen) atoms. The first kappa shape index (κ1) is 7.61. The lowest BCUT2D eigenvalue weighted by Gasteiger charge is -2.22. The van der Waals surface area contributed by atoms with Crippen LogP contribution in [0.3, 0.4) is 0 Å². The number of hydrogen-bond acceptors (Lipinski definition) is 2. The van der Waals surface area contributed by atoms with E-state index in [9.17, 15) is 4.79 Å². The molecule has 0 amide bonds. The zero-order valence-electron chi connectivity index (χ0n) is 6.34. The van der Waals surface area contributed by atoms with Crippen molar-refractivity contribution in [2.75, 3.05) is 13.1 Å². The van der Waals surface area contributed by atoms with E-state index >= 15 is 0 Å². The maximum Gasteiger partial charge on any atom is 0.281 e. The third kappa shape index (κ3) is 2.03. The van der Waals surface area contributed by atoms with Crippen LogP contribution < -0.4 is 0 Å². The Balaban J connectivity index is 2.34. The van der Waals surface area contributed by atoms with Gasteiger partial charge in [-0.25, -0.2) is 0 Å². The van der Waals surface area contributed by atoms with Crippen molar-refractivity contribution in [3.05, 3.63) is 11.5 Å². The van der Waals surface area contributed by atoms with Crippen molar-refractivity contribution < 1.29 is 4.79 Å². The number of hydrogen-bond donors (Lipinski definition) is 0. The van der Waals surface area contributed by atoms with Crippen LogP contribution in [0.2, 0.25) is 0 Å². The minimum atomic E-state index is 0.587. The van der Waals surface area contributed by atoms with Gasteiger partial charge in [-0.05, 0) is 13.0 Å². The molecule has 0 aromatic heterocycles. The molecule has 0 N–H and O–H groups in total. The molecule has 0 atom stereocenters. The SMILES string of the molecule is BC1=CCN(BC=O)CC1. The summed E-state index contributed by atoms with van der Waals surface area (Å²) >= 11 is 0. The van der Waals surface area contributed by atoms with E-state index in [0.29, 0.717) is 7.41 Å². The van der Waals surface area contributed by atoms with E-state index in [1.807, 2.05) is 0 Å². The lowest BCUT2D eigenvalue weighted by atomic mass is 9.85. The predicted octanol–water partition coefficient (Wildman–Crippen LogP) is -1.25. The summed E-state index contributed by atoms with van der Waals surface area (Å²) in [5.41, 5.74) is 1.45. The van der Waals surface area contributed by atoms with E-state index in [0.717, 1.165) is 25.7 Å². The minimum absolute atomic E-state index is 0.587. The molecule has 4 heteroatoms. The standard InChI is InChI=1S/C6H11B2NO/c7-6-1-3-9(4-2-6)8-5-10/h1,5,8H,2-4,7H2. The van der Waals surface area contributed by atoms with Crippen molar-refractivity contribution >= 4 is 21.4 Å². The second-order valence-electron chi connectivity index (χ2n) is 2.73. The summed E-state index contributed by atoms with van der Waals surface area (Å²) in [6, 6.07) is 0. The predicted molar refractivity (Wildman–Crippen MR) is 46.7 cm³/mol. The molecule has 1 aliphatic rings. The summed E-state index contributed by atoms with van der Waals surface area (Å²) in [5.74, 6) is 0. The van der Waals surface area contributed by atoms with Gasteiger partial charge in [0.25, 0.3) is 7.41 Å². The molecule has 0 aromatic rings. The van der Waals surface area contributed by atoms with Crippen LogP contribution in [0.25, 0.3) is 0 Å². The molecule has 0 saturated carbocycles. The summed E-state index contributed by atoms with van der Waals surface area (Å²) in [6.45, 7) is 1.99. The average Bonchev–Trinajstić information content (AvgIpc) is 1.95. The fraction of sp³-hybridized carbons (Fsp3) is 0.500. The van der Waals surface area contributed by atoms with Crippen molar-refractivity contribution in [3.8, 4) is 0 Å². The first-order valence-corrected chi connectivity index (χ1v) is 3.64. The first-order chi connectivity index (χ1) is 4.83. The van der Waals surface area contributed by atoms with Crippen LogP contribution in [0.1, 0.15) is 6.42 Å². The van der Waals surface area contributed by atoms with Gasteiger partial charge in [-0.1, -0.05) is 6.08 Å². The maximum absolute atomic E-state index is 10.1. The van der Waals surface area contributed by atoms with Crippen LogP contribution in [-0.2, 0) is 4.79 Å². The van der Waals surface area contributed by atoms with E-state index < -0.39 is 0 Å². The number of carbonyl (C=O) groups is 1. The smallest absolute Gasteiger partial charge is 0.281 e. The summed E-state index contributed by atoms with van der Waals surface area (Å²) in [5, 5.41) is 0. The number of rotatable bonds is 2. The molecule has 52 valence electrons. The van der Waals surface area contributed by atoms with E-state index in [2.05, 4.69) is 18.7 Å². The lowest BCUT2D eigenvalue weighted by Crippen LogP contribution is -2.33. The van der Waals surface area contributed by atoms with E-state index in [1.54, 1.807) is 0 Å². The second kappa shape index (κ2) is 3.62. The van der Waals surface area contributed by atoms with Crippen molar-refractivity contribution in [1.82, 2.24) is 4.81 Å². The molecule has 1 rings (SSSR count). The third-order valence-electron chi connectivity index (χ3n) is 1.85. The van der Waals surface area contributed by atoms with Crippen LogP contribution in [0.4, 0.5) is 0 Å². The lowest BCUT2D eigenvalue weighted by molar-refractivity contribution is 0.479. The van der Waals surface area contributed by atoms with Gasteiger partial charge in [0.15, 0.2) is 0 Å². The zero-order chi connectivity index (χ0) is 7.40. The van der Waals surface area contributed by atoms with Crippen LogP contribution in [0, 0.1) is 0 Å². The Hall–Kier alpha value is -0.500. The highest BCUT2D eigenvalue weighted by atomic mass is 16.1. The molecule has 0 radical (unpaired) electrons. The largest absolute Gasteiger partial charge is 0.335 e. The molecule has 0 aliphatic carbocycles. The van der Waals surface area contributed by atoms with Crippen molar-refractivity contribution in [2.24, 2.45) is 0 Å². The van der Waals surface area contributed by atoms with Crippen molar-refractivity contribution in [2.45, 2.75) is 6.42 Å². The highest BCUT2D eigenvalue weighted by molar-refractivity contribution is 6.64. The number of nitrogens with zero attached hydrogens (tertiary/aromatic N) is 1. The second-order valence-corrected chi connectivity index (χ2v) is 2.73. The highest BCUT2D eigenvalue weighted by Gasteiger charge is 2.08. The molecular formula is C6H11B2NO. The molecular weight excluding hydrogens is 124 g/mol. The van der Waals surface area contributed by atoms with Crippen LogP contribution in [0.15, 0.2) is 11.5 Å². The molecule has 0 spiro atoms. The Morgan fingerprint density at radius 2 is 2.60 bits per heavy atom. The van der Waals surface area contributed by atoms with E-state index in [4.69, 9.17) is 0 Å². The zero-order valence-corrected chi connectivity index (χ0v) is 6.34. The highest BCUT2D eigenvalue weighted by Crippen LogP contribution is 2.04. The Labute approximate surface area is 63.0 Å². The molecule has 0 unspecified atom stereocenters. The summed E-state index contributed by atoms with van der Waals surface area (Å²) in [6.07, 6.45) is 4.27. The Bertz CT molecular complexity index is 158. The van der Waals surface area contributed by atoms with Gasteiger partial charge in [-0.3, -0.25) is 0 Å². The molecule has 1 heterocycles. The molecule has 2 nitrogen and oxygen atoms in total. The van der Waals surface area contributed by atoms with Gasteiger partial charge in [-0.2, -0.15) is 0 Å². The minimum Gasteiger partial charge on any atom is -0.335 e. The van der Waals surface area contributed by atoms with Gasteiger partial charge in [0, 0.05) is 6.54 Å². The fourth-order valence-corrected chi connectivity index (χ4v) is 1.08. The maximum atomic E-state index is 10.1. The van der Waals surface area contributed by atoms with E-state index in [1.165, 1.54) is 5.47 Å².